The van der Waals surface area contributed by atoms with Crippen molar-refractivity contribution in [3.8, 4) is 0 Å². The number of likely N-dealkylation sites (tertiary alicyclic amines) is 1. The third kappa shape index (κ3) is 3.12. The van der Waals surface area contributed by atoms with E-state index >= 15 is 0 Å². The molecule has 0 spiro atoms. The minimum absolute atomic E-state index is 0.0707. The lowest BCUT2D eigenvalue weighted by molar-refractivity contribution is -0.141. The molecule has 6 nitrogen and oxygen atoms in total. The largest absolute Gasteiger partial charge is 0.480 e. The van der Waals surface area contributed by atoms with Gasteiger partial charge in [0.15, 0.2) is 0 Å². The van der Waals surface area contributed by atoms with Crippen molar-refractivity contribution in [1.29, 1.82) is 0 Å². The number of ether oxygens (including phenoxy) is 2. The number of fused-ring (bicyclic) bond motifs is 1. The number of carbonyl (C=O) groups excluding carboxylic acids is 1. The molecular weight excluding hydrogens is 349 g/mol. The molecule has 2 heterocycles. The summed E-state index contributed by atoms with van der Waals surface area (Å²) in [5.41, 5.74) is 0.454. The number of carbonyl (C=O) groups is 2. The van der Waals surface area contributed by atoms with E-state index < -0.39 is 23.7 Å². The number of rotatable bonds is 5. The molecule has 134 valence electrons. The van der Waals surface area contributed by atoms with E-state index in [1.807, 2.05) is 0 Å². The zero-order chi connectivity index (χ0) is 18.1. The van der Waals surface area contributed by atoms with E-state index in [1.54, 1.807) is 12.1 Å². The number of benzene rings is 1. The Morgan fingerprint density at radius 1 is 1.40 bits per heavy atom. The molecule has 2 aromatic rings. The Labute approximate surface area is 147 Å². The van der Waals surface area contributed by atoms with Crippen molar-refractivity contribution in [1.82, 2.24) is 4.90 Å². The quantitative estimate of drug-likeness (QED) is 0.879. The van der Waals surface area contributed by atoms with Gasteiger partial charge in [0.05, 0.1) is 17.6 Å². The standard InChI is InChI=1S/C17H18FNO5S/c1-23-8-10-14-11(18)4-3-5-13(14)25-15(10)16(20)19-7-9(24-2)6-12(19)17(21)22/h3-5,9,12H,6-8H2,1-2H3,(H,21,22). The second-order valence-corrected chi connectivity index (χ2v) is 6.91. The first-order valence-electron chi connectivity index (χ1n) is 7.73. The van der Waals surface area contributed by atoms with Gasteiger partial charge in [-0.3, -0.25) is 4.79 Å². The topological polar surface area (TPSA) is 76.1 Å². The molecule has 2 atom stereocenters. The van der Waals surface area contributed by atoms with E-state index in [9.17, 15) is 19.1 Å². The fourth-order valence-corrected chi connectivity index (χ4v) is 4.36. The number of halogens is 1. The van der Waals surface area contributed by atoms with Gasteiger partial charge in [-0.15, -0.1) is 11.3 Å². The minimum atomic E-state index is -1.08. The van der Waals surface area contributed by atoms with Crippen LogP contribution in [-0.2, 0) is 20.9 Å². The van der Waals surface area contributed by atoms with Gasteiger partial charge in [0.25, 0.3) is 5.91 Å². The first-order valence-corrected chi connectivity index (χ1v) is 8.55. The average molecular weight is 367 g/mol. The minimum Gasteiger partial charge on any atom is -0.480 e. The maximum Gasteiger partial charge on any atom is 0.326 e. The van der Waals surface area contributed by atoms with E-state index in [4.69, 9.17) is 9.47 Å². The third-order valence-corrected chi connectivity index (χ3v) is 5.57. The second kappa shape index (κ2) is 7.07. The number of amides is 1. The van der Waals surface area contributed by atoms with Gasteiger partial charge >= 0.3 is 5.97 Å². The lowest BCUT2D eigenvalue weighted by Crippen LogP contribution is -2.40. The Morgan fingerprint density at radius 3 is 2.80 bits per heavy atom. The molecule has 1 aliphatic rings. The van der Waals surface area contributed by atoms with Crippen LogP contribution < -0.4 is 0 Å². The number of thiophene rings is 1. The summed E-state index contributed by atoms with van der Waals surface area (Å²) in [6.45, 7) is 0.261. The number of carboxylic acid groups (broad SMARTS) is 1. The fraction of sp³-hybridized carbons (Fsp3) is 0.412. The summed E-state index contributed by atoms with van der Waals surface area (Å²) in [5, 5.41) is 9.77. The summed E-state index contributed by atoms with van der Waals surface area (Å²) in [6.07, 6.45) is -0.0989. The van der Waals surface area contributed by atoms with Gasteiger partial charge in [-0.05, 0) is 12.1 Å². The van der Waals surface area contributed by atoms with Crippen LogP contribution in [0.15, 0.2) is 18.2 Å². The molecule has 1 fully saturated rings. The molecule has 0 bridgehead atoms. The SMILES string of the molecule is COCc1c(C(=O)N2CC(OC)CC2C(=O)O)sc2cccc(F)c12. The number of aliphatic carboxylic acids is 1. The molecule has 1 N–H and O–H groups in total. The molecule has 1 aromatic carbocycles. The average Bonchev–Trinajstić information content (AvgIpc) is 3.17. The van der Waals surface area contributed by atoms with Gasteiger partial charge in [-0.1, -0.05) is 6.07 Å². The van der Waals surface area contributed by atoms with E-state index in [0.29, 0.717) is 20.5 Å². The van der Waals surface area contributed by atoms with Crippen LogP contribution in [0.25, 0.3) is 10.1 Å². The first kappa shape index (κ1) is 17.8. The fourth-order valence-electron chi connectivity index (χ4n) is 3.18. The molecule has 25 heavy (non-hydrogen) atoms. The lowest BCUT2D eigenvalue weighted by Gasteiger charge is -2.21. The van der Waals surface area contributed by atoms with Crippen molar-refractivity contribution in [2.24, 2.45) is 0 Å². The van der Waals surface area contributed by atoms with E-state index in [2.05, 4.69) is 0 Å². The zero-order valence-corrected chi connectivity index (χ0v) is 14.6. The molecule has 1 saturated heterocycles. The predicted octanol–water partition coefficient (Wildman–Crippen LogP) is 2.50. The number of hydrogen-bond donors (Lipinski definition) is 1. The van der Waals surface area contributed by atoms with Crippen LogP contribution in [-0.4, -0.2) is 54.8 Å². The van der Waals surface area contributed by atoms with Crippen LogP contribution in [0.3, 0.4) is 0 Å². The third-order valence-electron chi connectivity index (χ3n) is 4.39. The van der Waals surface area contributed by atoms with Crippen LogP contribution >= 0.6 is 11.3 Å². The number of nitrogens with zero attached hydrogens (tertiary/aromatic N) is 1. The highest BCUT2D eigenvalue weighted by Crippen LogP contribution is 2.36. The predicted molar refractivity (Wildman–Crippen MR) is 90.4 cm³/mol. The normalized spacial score (nSPS) is 20.4. The van der Waals surface area contributed by atoms with Gasteiger partial charge < -0.3 is 19.5 Å². The molecule has 1 aliphatic heterocycles. The Bertz CT molecular complexity index is 821. The van der Waals surface area contributed by atoms with E-state index in [-0.39, 0.29) is 25.7 Å². The summed E-state index contributed by atoms with van der Waals surface area (Å²) < 4.78 is 25.3. The lowest BCUT2D eigenvalue weighted by atomic mass is 10.1. The highest BCUT2D eigenvalue weighted by atomic mass is 32.1. The van der Waals surface area contributed by atoms with Gasteiger partial charge in [-0.25, -0.2) is 9.18 Å². The van der Waals surface area contributed by atoms with Crippen LogP contribution in [0.2, 0.25) is 0 Å². The first-order chi connectivity index (χ1) is 12.0. The van der Waals surface area contributed by atoms with Crippen molar-refractivity contribution in [2.45, 2.75) is 25.2 Å². The summed E-state index contributed by atoms with van der Waals surface area (Å²) in [6, 6.07) is 3.69. The monoisotopic (exact) mass is 367 g/mol. The van der Waals surface area contributed by atoms with E-state index in [0.717, 1.165) is 11.3 Å². The van der Waals surface area contributed by atoms with Crippen molar-refractivity contribution in [3.05, 3.63) is 34.5 Å². The smallest absolute Gasteiger partial charge is 0.326 e. The Morgan fingerprint density at radius 2 is 2.16 bits per heavy atom. The van der Waals surface area contributed by atoms with Crippen LogP contribution in [0, 0.1) is 5.82 Å². The molecule has 2 unspecified atom stereocenters. The van der Waals surface area contributed by atoms with Gasteiger partial charge in [0.2, 0.25) is 0 Å². The molecule has 1 aromatic heterocycles. The highest BCUT2D eigenvalue weighted by molar-refractivity contribution is 7.21. The Balaban J connectivity index is 2.06. The van der Waals surface area contributed by atoms with Gasteiger partial charge in [-0.2, -0.15) is 0 Å². The molecule has 1 amide bonds. The number of carboxylic acids is 1. The molecule has 3 rings (SSSR count). The maximum atomic E-state index is 14.3. The molecular formula is C17H18FNO5S. The number of methoxy groups -OCH3 is 2. The van der Waals surface area contributed by atoms with Crippen molar-refractivity contribution < 1.29 is 28.6 Å². The maximum absolute atomic E-state index is 14.3. The number of hydrogen-bond acceptors (Lipinski definition) is 5. The van der Waals surface area contributed by atoms with Gasteiger partial charge in [0, 0.05) is 42.8 Å². The Kier molecular flexibility index (Phi) is 5.03. The van der Waals surface area contributed by atoms with Crippen LogP contribution in [0.5, 0.6) is 0 Å². The summed E-state index contributed by atoms with van der Waals surface area (Å²) in [5.74, 6) is -1.93. The van der Waals surface area contributed by atoms with Crippen molar-refractivity contribution in [2.75, 3.05) is 20.8 Å². The molecule has 0 aliphatic carbocycles. The van der Waals surface area contributed by atoms with Gasteiger partial charge in [0.1, 0.15) is 11.9 Å². The van der Waals surface area contributed by atoms with E-state index in [1.165, 1.54) is 25.2 Å². The summed E-state index contributed by atoms with van der Waals surface area (Å²) >= 11 is 1.15. The van der Waals surface area contributed by atoms with Crippen LogP contribution in [0.1, 0.15) is 21.7 Å². The summed E-state index contributed by atoms with van der Waals surface area (Å²) in [7, 11) is 2.96. The Hall–Kier alpha value is -2.03. The molecule has 0 radical (unpaired) electrons. The summed E-state index contributed by atoms with van der Waals surface area (Å²) in [4.78, 5) is 26.2. The molecule has 0 saturated carbocycles. The van der Waals surface area contributed by atoms with Crippen molar-refractivity contribution in [3.63, 3.8) is 0 Å². The highest BCUT2D eigenvalue weighted by Gasteiger charge is 2.41. The van der Waals surface area contributed by atoms with Crippen LogP contribution in [0.4, 0.5) is 4.39 Å². The van der Waals surface area contributed by atoms with Crippen molar-refractivity contribution >= 4 is 33.3 Å². The molecule has 8 heteroatoms. The second-order valence-electron chi connectivity index (χ2n) is 5.86. The zero-order valence-electron chi connectivity index (χ0n) is 13.8.